The number of carbonyl (C=O) groups excluding carboxylic acids is 2. The van der Waals surface area contributed by atoms with Gasteiger partial charge in [-0.3, -0.25) is 9.59 Å². The molecule has 9 heteroatoms. The Kier molecular flexibility index (Phi) is 6.02. The number of rotatable bonds is 4. The van der Waals surface area contributed by atoms with Crippen LogP contribution in [0.15, 0.2) is 23.7 Å². The number of aryl methyl sites for hydroxylation is 2. The second-order valence-corrected chi connectivity index (χ2v) is 11.8. The van der Waals surface area contributed by atoms with Gasteiger partial charge >= 0.3 is 0 Å². The maximum atomic E-state index is 13.6. The molecule has 2 aliphatic heterocycles. The number of hydrogen-bond donors (Lipinski definition) is 1. The molecule has 1 amide bonds. The van der Waals surface area contributed by atoms with Crippen LogP contribution in [0.25, 0.3) is 10.6 Å². The molecule has 178 valence electrons. The summed E-state index contributed by atoms with van der Waals surface area (Å²) < 4.78 is 0. The van der Waals surface area contributed by atoms with Gasteiger partial charge in [0.25, 0.3) is 5.91 Å². The molecule has 2 saturated heterocycles. The summed E-state index contributed by atoms with van der Waals surface area (Å²) in [5.41, 5.74) is 2.02. The third-order valence-corrected chi connectivity index (χ3v) is 9.05. The molecule has 1 aliphatic carbocycles. The third-order valence-electron chi connectivity index (χ3n) is 7.20. The van der Waals surface area contributed by atoms with Crippen LogP contribution in [0, 0.1) is 19.8 Å². The van der Waals surface area contributed by atoms with Crippen LogP contribution in [0.4, 0.5) is 10.9 Å². The van der Waals surface area contributed by atoms with Gasteiger partial charge in [0.15, 0.2) is 5.13 Å². The fourth-order valence-electron chi connectivity index (χ4n) is 5.46. The van der Waals surface area contributed by atoms with E-state index in [2.05, 4.69) is 34.1 Å². The normalized spacial score (nSPS) is 24.7. The average Bonchev–Trinajstić information content (AvgIpc) is 3.37. The van der Waals surface area contributed by atoms with Gasteiger partial charge in [0, 0.05) is 36.0 Å². The van der Waals surface area contributed by atoms with E-state index in [0.717, 1.165) is 45.7 Å². The number of ketones is 1. The number of amides is 1. The van der Waals surface area contributed by atoms with Crippen LogP contribution < -0.4 is 5.32 Å². The number of aromatic nitrogens is 3. The molecule has 1 N–H and O–H groups in total. The average molecular weight is 496 g/mol. The number of pyridine rings is 1. The molecule has 2 bridgehead atoms. The van der Waals surface area contributed by atoms with Crippen molar-refractivity contribution in [3.63, 3.8) is 0 Å². The van der Waals surface area contributed by atoms with E-state index in [1.54, 1.807) is 17.5 Å². The van der Waals surface area contributed by atoms with Gasteiger partial charge in [-0.1, -0.05) is 0 Å². The molecule has 0 radical (unpaired) electrons. The van der Waals surface area contributed by atoms with Gasteiger partial charge in [0.05, 0.1) is 26.8 Å². The first-order valence-corrected chi connectivity index (χ1v) is 13.4. The van der Waals surface area contributed by atoms with Crippen molar-refractivity contribution in [2.75, 3.05) is 5.32 Å². The van der Waals surface area contributed by atoms with Gasteiger partial charge in [0.2, 0.25) is 0 Å². The van der Waals surface area contributed by atoms with E-state index in [4.69, 9.17) is 0 Å². The monoisotopic (exact) mass is 495 g/mol. The SMILES string of the molecule is Cc1nc(C)c(-c2csc(Nc3ccc(C(=O)N4[C@@H](C)C5CCC(=O)C[C@@]4(C)CC5)cn3)n2)s1. The predicted molar refractivity (Wildman–Crippen MR) is 136 cm³/mol. The molecule has 1 unspecified atom stereocenters. The number of fused-ring (bicyclic) bond motifs is 5. The van der Waals surface area contributed by atoms with Crippen LogP contribution in [0.2, 0.25) is 0 Å². The highest BCUT2D eigenvalue weighted by molar-refractivity contribution is 7.16. The molecule has 0 aromatic carbocycles. The lowest BCUT2D eigenvalue weighted by molar-refractivity contribution is -0.125. The van der Waals surface area contributed by atoms with Gasteiger partial charge in [-0.2, -0.15) is 0 Å². The quantitative estimate of drug-likeness (QED) is 0.494. The standard InChI is InChI=1S/C25H29N5O2S2/c1-14-22(34-16(3)27-14)20-13-33-24(28-20)29-21-8-6-18(12-26-21)23(32)30-15(2)17-5-7-19(31)11-25(30,4)10-9-17/h6,8,12-13,15,17H,5,7,9-11H2,1-4H3,(H,26,28,29)/t15-,17?,25+/m0/s1. The fraction of sp³-hybridized carbons (Fsp3) is 0.480. The molecule has 6 rings (SSSR count). The summed E-state index contributed by atoms with van der Waals surface area (Å²) >= 11 is 3.15. The summed E-state index contributed by atoms with van der Waals surface area (Å²) in [4.78, 5) is 42.7. The van der Waals surface area contributed by atoms with Crippen molar-refractivity contribution < 1.29 is 9.59 Å². The molecule has 3 atom stereocenters. The molecule has 3 aromatic rings. The van der Waals surface area contributed by atoms with Crippen LogP contribution >= 0.6 is 22.7 Å². The summed E-state index contributed by atoms with van der Waals surface area (Å²) in [6, 6.07) is 3.74. The van der Waals surface area contributed by atoms with Crippen molar-refractivity contribution >= 4 is 45.3 Å². The molecule has 7 nitrogen and oxygen atoms in total. The summed E-state index contributed by atoms with van der Waals surface area (Å²) in [7, 11) is 0. The highest BCUT2D eigenvalue weighted by Crippen LogP contribution is 2.43. The van der Waals surface area contributed by atoms with Crippen LogP contribution in [0.1, 0.15) is 67.0 Å². The molecular formula is C25H29N5O2S2. The molecule has 1 saturated carbocycles. The minimum atomic E-state index is -0.425. The highest BCUT2D eigenvalue weighted by Gasteiger charge is 2.47. The lowest BCUT2D eigenvalue weighted by Gasteiger charge is -2.53. The number of piperidine rings is 1. The number of anilines is 2. The number of nitrogens with zero attached hydrogens (tertiary/aromatic N) is 4. The van der Waals surface area contributed by atoms with Crippen molar-refractivity contribution in [3.05, 3.63) is 40.0 Å². The molecule has 3 fully saturated rings. The third kappa shape index (κ3) is 4.27. The van der Waals surface area contributed by atoms with E-state index >= 15 is 0 Å². The molecular weight excluding hydrogens is 466 g/mol. The van der Waals surface area contributed by atoms with Crippen LogP contribution in [0.5, 0.6) is 0 Å². The Bertz CT molecular complexity index is 1230. The van der Waals surface area contributed by atoms with E-state index in [-0.39, 0.29) is 17.7 Å². The Morgan fingerprint density at radius 2 is 2.06 bits per heavy atom. The van der Waals surface area contributed by atoms with Crippen molar-refractivity contribution in [3.8, 4) is 10.6 Å². The Morgan fingerprint density at radius 3 is 2.76 bits per heavy atom. The van der Waals surface area contributed by atoms with Gasteiger partial charge in [-0.05, 0) is 65.0 Å². The van der Waals surface area contributed by atoms with Crippen LogP contribution in [-0.4, -0.2) is 43.1 Å². The van der Waals surface area contributed by atoms with E-state index < -0.39 is 5.54 Å². The van der Waals surface area contributed by atoms with E-state index in [1.807, 2.05) is 36.3 Å². The number of nitrogens with one attached hydrogen (secondary N) is 1. The molecule has 0 spiro atoms. The maximum Gasteiger partial charge on any atom is 0.256 e. The molecule has 5 heterocycles. The van der Waals surface area contributed by atoms with Gasteiger partial charge in [-0.25, -0.2) is 15.0 Å². The number of thiazole rings is 2. The topological polar surface area (TPSA) is 88.1 Å². The van der Waals surface area contributed by atoms with Crippen molar-refractivity contribution in [2.45, 2.75) is 71.4 Å². The Hall–Kier alpha value is -2.65. The van der Waals surface area contributed by atoms with Crippen molar-refractivity contribution in [1.82, 2.24) is 19.9 Å². The van der Waals surface area contributed by atoms with Gasteiger partial charge in [-0.15, -0.1) is 22.7 Å². The summed E-state index contributed by atoms with van der Waals surface area (Å²) in [6.45, 7) is 8.19. The van der Waals surface area contributed by atoms with Gasteiger partial charge < -0.3 is 10.2 Å². The molecule has 34 heavy (non-hydrogen) atoms. The zero-order chi connectivity index (χ0) is 24.0. The first kappa shape index (κ1) is 23.1. The van der Waals surface area contributed by atoms with Crippen molar-refractivity contribution in [1.29, 1.82) is 0 Å². The Morgan fingerprint density at radius 1 is 1.24 bits per heavy atom. The Labute approximate surface area is 207 Å². The predicted octanol–water partition coefficient (Wildman–Crippen LogP) is 5.77. The van der Waals surface area contributed by atoms with Crippen LogP contribution in [0.3, 0.4) is 0 Å². The first-order valence-electron chi connectivity index (χ1n) is 11.7. The largest absolute Gasteiger partial charge is 0.330 e. The Balaban J connectivity index is 1.33. The second-order valence-electron chi connectivity index (χ2n) is 9.71. The number of carbonyl (C=O) groups is 2. The lowest BCUT2D eigenvalue weighted by atomic mass is 9.71. The zero-order valence-electron chi connectivity index (χ0n) is 19.9. The first-order chi connectivity index (χ1) is 16.2. The second kappa shape index (κ2) is 8.85. The molecule has 3 aromatic heterocycles. The van der Waals surface area contributed by atoms with Gasteiger partial charge in [0.1, 0.15) is 11.6 Å². The smallest absolute Gasteiger partial charge is 0.256 e. The maximum absolute atomic E-state index is 13.6. The minimum Gasteiger partial charge on any atom is -0.330 e. The number of Topliss-reactive ketones (excluding diaryl/α,β-unsaturated/α-hetero) is 1. The highest BCUT2D eigenvalue weighted by atomic mass is 32.1. The molecule has 3 aliphatic rings. The van der Waals surface area contributed by atoms with E-state index in [9.17, 15) is 9.59 Å². The van der Waals surface area contributed by atoms with E-state index in [1.165, 1.54) is 11.3 Å². The minimum absolute atomic E-state index is 0.0407. The van der Waals surface area contributed by atoms with E-state index in [0.29, 0.717) is 30.1 Å². The zero-order valence-corrected chi connectivity index (χ0v) is 21.6. The lowest BCUT2D eigenvalue weighted by Crippen LogP contribution is -2.61. The summed E-state index contributed by atoms with van der Waals surface area (Å²) in [5, 5.41) is 7.03. The van der Waals surface area contributed by atoms with Crippen molar-refractivity contribution in [2.24, 2.45) is 5.92 Å². The summed E-state index contributed by atoms with van der Waals surface area (Å²) in [5.74, 6) is 1.24. The fourth-order valence-corrected chi connectivity index (χ4v) is 7.12. The van der Waals surface area contributed by atoms with Crippen LogP contribution in [-0.2, 0) is 4.79 Å². The number of hydrogen-bond acceptors (Lipinski definition) is 8. The summed E-state index contributed by atoms with van der Waals surface area (Å²) in [6.07, 6.45) is 5.52.